The Morgan fingerprint density at radius 3 is 2.79 bits per heavy atom. The molecule has 0 saturated carbocycles. The summed E-state index contributed by atoms with van der Waals surface area (Å²) < 4.78 is 0.930. The Morgan fingerprint density at radius 1 is 1.71 bits per heavy atom. The second-order valence-electron chi connectivity index (χ2n) is 3.25. The molecule has 0 radical (unpaired) electrons. The lowest BCUT2D eigenvalue weighted by Crippen LogP contribution is -2.25. The molecule has 0 fully saturated rings. The van der Waals surface area contributed by atoms with Crippen LogP contribution in [0.25, 0.3) is 10.4 Å². The number of nitrogens with zero attached hydrogens (tertiary/aromatic N) is 3. The van der Waals surface area contributed by atoms with Crippen molar-refractivity contribution in [3.63, 3.8) is 0 Å². The van der Waals surface area contributed by atoms with E-state index >= 15 is 0 Å². The van der Waals surface area contributed by atoms with Gasteiger partial charge in [0, 0.05) is 19.6 Å². The Labute approximate surface area is 93.7 Å². The van der Waals surface area contributed by atoms with Crippen LogP contribution in [0.15, 0.2) is 21.0 Å². The van der Waals surface area contributed by atoms with Crippen molar-refractivity contribution >= 4 is 33.2 Å². The van der Waals surface area contributed by atoms with Crippen LogP contribution >= 0.6 is 27.3 Å². The molecule has 0 atom stereocenters. The molecule has 0 aliphatic rings. The van der Waals surface area contributed by atoms with Crippen molar-refractivity contribution in [1.82, 2.24) is 0 Å². The molecule has 1 rings (SSSR count). The van der Waals surface area contributed by atoms with Gasteiger partial charge in [-0.25, -0.2) is 0 Å². The van der Waals surface area contributed by atoms with Gasteiger partial charge >= 0.3 is 0 Å². The van der Waals surface area contributed by atoms with Crippen LogP contribution < -0.4 is 0 Å². The summed E-state index contributed by atoms with van der Waals surface area (Å²) in [4.78, 5) is 14.8. The lowest BCUT2D eigenvalue weighted by Gasteiger charge is -2.17. The van der Waals surface area contributed by atoms with E-state index in [9.17, 15) is 4.79 Å². The summed E-state index contributed by atoms with van der Waals surface area (Å²) in [5, 5.41) is 5.00. The van der Waals surface area contributed by atoms with Gasteiger partial charge in [-0.3, -0.25) is 4.79 Å². The molecular formula is C8H8BrN3OS. The van der Waals surface area contributed by atoms with Crippen LogP contribution in [0, 0.1) is 0 Å². The molecule has 1 amide bonds. The monoisotopic (exact) mass is 273 g/mol. The largest absolute Gasteiger partial charge is 0.292 e. The Bertz CT molecular complexity index is 406. The molecule has 74 valence electrons. The van der Waals surface area contributed by atoms with Gasteiger partial charge in [0.15, 0.2) is 0 Å². The first kappa shape index (κ1) is 11.2. The molecule has 6 heteroatoms. The molecule has 4 nitrogen and oxygen atoms in total. The van der Waals surface area contributed by atoms with E-state index in [1.165, 1.54) is 11.3 Å². The summed E-state index contributed by atoms with van der Waals surface area (Å²) in [5.41, 5.74) is 7.44. The topological polar surface area (TPSA) is 65.8 Å². The summed E-state index contributed by atoms with van der Waals surface area (Å²) in [5.74, 6) is -0.464. The smallest absolute Gasteiger partial charge is 0.229 e. The van der Waals surface area contributed by atoms with Crippen LogP contribution in [0.4, 0.5) is 0 Å². The van der Waals surface area contributed by atoms with Gasteiger partial charge in [-0.2, -0.15) is 0 Å². The zero-order valence-electron chi connectivity index (χ0n) is 7.69. The molecule has 1 heterocycles. The van der Waals surface area contributed by atoms with E-state index in [1.54, 1.807) is 13.8 Å². The second-order valence-corrected chi connectivity index (χ2v) is 5.08. The molecule has 1 aromatic heterocycles. The average molecular weight is 274 g/mol. The average Bonchev–Trinajstić information content (AvgIpc) is 2.52. The van der Waals surface area contributed by atoms with E-state index in [0.29, 0.717) is 0 Å². The summed E-state index contributed by atoms with van der Waals surface area (Å²) in [7, 11) is 0. The molecule has 0 unspecified atom stereocenters. The van der Waals surface area contributed by atoms with Gasteiger partial charge in [0.25, 0.3) is 0 Å². The van der Waals surface area contributed by atoms with Crippen LogP contribution in [-0.2, 0) is 10.2 Å². The fourth-order valence-electron chi connectivity index (χ4n) is 0.912. The quantitative estimate of drug-likeness (QED) is 0.461. The maximum absolute atomic E-state index is 11.4. The summed E-state index contributed by atoms with van der Waals surface area (Å²) >= 11 is 4.77. The SMILES string of the molecule is CC(C)(C(=O)N=[N+]=[N-])c1cc(Br)cs1. The minimum Gasteiger partial charge on any atom is -0.292 e. The van der Waals surface area contributed by atoms with Gasteiger partial charge in [-0.05, 0) is 46.5 Å². The molecule has 14 heavy (non-hydrogen) atoms. The number of hydrogen-bond acceptors (Lipinski definition) is 2. The van der Waals surface area contributed by atoms with Crippen molar-refractivity contribution in [1.29, 1.82) is 0 Å². The summed E-state index contributed by atoms with van der Waals surface area (Å²) in [6.07, 6.45) is 0. The summed E-state index contributed by atoms with van der Waals surface area (Å²) in [6, 6.07) is 1.86. The third-order valence-corrected chi connectivity index (χ3v) is 3.87. The molecular weight excluding hydrogens is 266 g/mol. The van der Waals surface area contributed by atoms with Crippen molar-refractivity contribution in [2.75, 3.05) is 0 Å². The molecule has 0 bridgehead atoms. The fourth-order valence-corrected chi connectivity index (χ4v) is 2.46. The molecule has 1 aromatic rings. The van der Waals surface area contributed by atoms with E-state index < -0.39 is 11.3 Å². The molecule has 0 spiro atoms. The minimum atomic E-state index is -0.747. The van der Waals surface area contributed by atoms with Crippen LogP contribution in [0.5, 0.6) is 0 Å². The number of rotatable bonds is 2. The molecule has 0 aliphatic heterocycles. The van der Waals surface area contributed by atoms with E-state index in [4.69, 9.17) is 5.53 Å². The third kappa shape index (κ3) is 2.15. The van der Waals surface area contributed by atoms with Crippen molar-refractivity contribution in [2.24, 2.45) is 5.11 Å². The Balaban J connectivity index is 3.06. The maximum Gasteiger partial charge on any atom is 0.229 e. The fraction of sp³-hybridized carbons (Fsp3) is 0.375. The maximum atomic E-state index is 11.4. The number of hydrogen-bond donors (Lipinski definition) is 0. The standard InChI is InChI=1S/C8H8BrN3OS/c1-8(2,7(13)11-12-10)6-3-5(9)4-14-6/h3-4H,1-2H3. The molecule has 0 N–H and O–H groups in total. The number of halogens is 1. The van der Waals surface area contributed by atoms with Gasteiger partial charge in [-0.15, -0.1) is 11.3 Å². The lowest BCUT2D eigenvalue weighted by atomic mass is 9.91. The van der Waals surface area contributed by atoms with Gasteiger partial charge in [0.1, 0.15) is 0 Å². The first-order chi connectivity index (χ1) is 6.48. The number of azide groups is 1. The van der Waals surface area contributed by atoms with Crippen LogP contribution in [-0.4, -0.2) is 5.91 Å². The Hall–Kier alpha value is -0.840. The highest BCUT2D eigenvalue weighted by Gasteiger charge is 2.30. The third-order valence-electron chi connectivity index (χ3n) is 1.85. The zero-order valence-corrected chi connectivity index (χ0v) is 10.1. The lowest BCUT2D eigenvalue weighted by molar-refractivity contribution is -0.122. The van der Waals surface area contributed by atoms with E-state index in [1.807, 2.05) is 11.4 Å². The van der Waals surface area contributed by atoms with Crippen molar-refractivity contribution in [2.45, 2.75) is 19.3 Å². The van der Waals surface area contributed by atoms with Crippen LogP contribution in [0.2, 0.25) is 0 Å². The normalized spacial score (nSPS) is 10.8. The van der Waals surface area contributed by atoms with Crippen molar-refractivity contribution < 1.29 is 4.79 Å². The predicted molar refractivity (Wildman–Crippen MR) is 59.2 cm³/mol. The van der Waals surface area contributed by atoms with Gasteiger partial charge in [0.05, 0.1) is 5.41 Å². The molecule has 0 aromatic carbocycles. The zero-order chi connectivity index (χ0) is 10.8. The molecule has 0 aliphatic carbocycles. The summed E-state index contributed by atoms with van der Waals surface area (Å²) in [6.45, 7) is 3.48. The Kier molecular flexibility index (Phi) is 3.31. The predicted octanol–water partition coefficient (Wildman–Crippen LogP) is 3.63. The highest BCUT2D eigenvalue weighted by molar-refractivity contribution is 9.10. The molecule has 0 saturated heterocycles. The van der Waals surface area contributed by atoms with E-state index in [2.05, 4.69) is 26.0 Å². The first-order valence-electron chi connectivity index (χ1n) is 3.82. The van der Waals surface area contributed by atoms with Crippen molar-refractivity contribution in [3.8, 4) is 0 Å². The number of amides is 1. The van der Waals surface area contributed by atoms with Gasteiger partial charge in [0.2, 0.25) is 5.91 Å². The Morgan fingerprint density at radius 2 is 2.36 bits per heavy atom. The highest BCUT2D eigenvalue weighted by atomic mass is 79.9. The van der Waals surface area contributed by atoms with Crippen LogP contribution in [0.3, 0.4) is 0 Å². The van der Waals surface area contributed by atoms with E-state index in [-0.39, 0.29) is 0 Å². The first-order valence-corrected chi connectivity index (χ1v) is 5.50. The van der Waals surface area contributed by atoms with E-state index in [0.717, 1.165) is 9.35 Å². The van der Waals surface area contributed by atoms with Gasteiger partial charge in [-0.1, -0.05) is 0 Å². The van der Waals surface area contributed by atoms with Gasteiger partial charge < -0.3 is 0 Å². The number of carbonyl (C=O) groups excluding carboxylic acids is 1. The van der Waals surface area contributed by atoms with Crippen molar-refractivity contribution in [3.05, 3.63) is 31.2 Å². The second kappa shape index (κ2) is 4.13. The number of carbonyl (C=O) groups is 1. The minimum absolute atomic E-state index is 0.464. The van der Waals surface area contributed by atoms with Crippen LogP contribution in [0.1, 0.15) is 18.7 Å². The number of thiophene rings is 1. The highest BCUT2D eigenvalue weighted by Crippen LogP contribution is 2.32.